The molecule has 0 spiro atoms. The predicted octanol–water partition coefficient (Wildman–Crippen LogP) is -4.00. The molecule has 10 nitrogen and oxygen atoms in total. The van der Waals surface area contributed by atoms with Crippen molar-refractivity contribution in [2.75, 3.05) is 19.8 Å². The van der Waals surface area contributed by atoms with Gasteiger partial charge in [0, 0.05) is 0 Å². The van der Waals surface area contributed by atoms with Gasteiger partial charge < -0.3 is 40.3 Å². The number of carboxylic acids is 1. The van der Waals surface area contributed by atoms with Gasteiger partial charge in [-0.25, -0.2) is 4.79 Å². The fourth-order valence-corrected chi connectivity index (χ4v) is 1.71. The first-order valence-electron chi connectivity index (χ1n) is 5.76. The molecule has 1 fully saturated rings. The van der Waals surface area contributed by atoms with E-state index in [9.17, 15) is 24.9 Å². The topological polar surface area (TPSA) is 166 Å². The maximum absolute atomic E-state index is 11.4. The smallest absolute Gasteiger partial charge is 0.329 e. The van der Waals surface area contributed by atoms with Crippen LogP contribution in [0.5, 0.6) is 0 Å². The minimum absolute atomic E-state index is 0.595. The molecule has 1 aliphatic heterocycles. The highest BCUT2D eigenvalue weighted by Crippen LogP contribution is 2.19. The fraction of sp³-hybridized carbons (Fsp3) is 0.800. The van der Waals surface area contributed by atoms with Crippen molar-refractivity contribution in [3.8, 4) is 0 Å². The van der Waals surface area contributed by atoms with Crippen LogP contribution in [0.4, 0.5) is 0 Å². The Bertz CT molecular complexity index is 350. The summed E-state index contributed by atoms with van der Waals surface area (Å²) in [6.45, 7) is -1.88. The summed E-state index contributed by atoms with van der Waals surface area (Å²) in [7, 11) is 0. The van der Waals surface area contributed by atoms with E-state index in [2.05, 4.69) is 10.1 Å². The lowest BCUT2D eigenvalue weighted by Crippen LogP contribution is -2.64. The molecule has 0 unspecified atom stereocenters. The zero-order valence-corrected chi connectivity index (χ0v) is 10.4. The summed E-state index contributed by atoms with van der Waals surface area (Å²) in [6, 6.07) is -1.33. The first-order chi connectivity index (χ1) is 9.36. The van der Waals surface area contributed by atoms with Gasteiger partial charge in [0.05, 0.1) is 6.61 Å². The molecule has 0 aromatic carbocycles. The molecule has 1 saturated heterocycles. The maximum Gasteiger partial charge on any atom is 0.329 e. The number of aliphatic carboxylic acids is 1. The van der Waals surface area contributed by atoms with E-state index in [1.807, 2.05) is 0 Å². The number of hydrogen-bond donors (Lipinski definition) is 6. The second-order valence-electron chi connectivity index (χ2n) is 4.21. The molecule has 0 aromatic rings. The van der Waals surface area contributed by atoms with Gasteiger partial charge in [-0.15, -0.1) is 0 Å². The molecule has 1 amide bonds. The Morgan fingerprint density at radius 2 is 1.80 bits per heavy atom. The SMILES string of the molecule is O=C(O)COCC(=O)N[C@@H]1[C@@H](O)[C@H](O)[C@@H](CO)O[C@H]1O. The largest absolute Gasteiger partial charge is 0.480 e. The van der Waals surface area contributed by atoms with Crippen molar-refractivity contribution in [2.24, 2.45) is 0 Å². The van der Waals surface area contributed by atoms with Crippen LogP contribution in [-0.4, -0.2) is 87.9 Å². The molecule has 5 atom stereocenters. The van der Waals surface area contributed by atoms with E-state index in [0.29, 0.717) is 0 Å². The quantitative estimate of drug-likeness (QED) is 0.286. The first kappa shape index (κ1) is 16.8. The van der Waals surface area contributed by atoms with Crippen molar-refractivity contribution in [3.05, 3.63) is 0 Å². The number of nitrogens with one attached hydrogen (secondary N) is 1. The van der Waals surface area contributed by atoms with Crippen molar-refractivity contribution in [1.29, 1.82) is 0 Å². The number of ether oxygens (including phenoxy) is 2. The van der Waals surface area contributed by atoms with Crippen LogP contribution in [-0.2, 0) is 19.1 Å². The van der Waals surface area contributed by atoms with Crippen molar-refractivity contribution in [3.63, 3.8) is 0 Å². The molecule has 10 heteroatoms. The standard InChI is InChI=1S/C10H17NO9/c12-1-4-8(16)9(17)7(10(18)20-4)11-5(13)2-19-3-6(14)15/h4,7-10,12,16-18H,1-3H2,(H,11,13)(H,14,15)/t4-,7-,8-,9-,10-/m1/s1. The summed E-state index contributed by atoms with van der Waals surface area (Å²) in [5.41, 5.74) is 0. The van der Waals surface area contributed by atoms with Crippen LogP contribution < -0.4 is 5.32 Å². The van der Waals surface area contributed by atoms with E-state index in [-0.39, 0.29) is 0 Å². The Morgan fingerprint density at radius 1 is 1.15 bits per heavy atom. The third kappa shape index (κ3) is 4.37. The van der Waals surface area contributed by atoms with Gasteiger partial charge in [-0.2, -0.15) is 0 Å². The molecule has 0 saturated carbocycles. The summed E-state index contributed by atoms with van der Waals surface area (Å²) in [4.78, 5) is 21.6. The van der Waals surface area contributed by atoms with Gasteiger partial charge in [0.2, 0.25) is 5.91 Å². The van der Waals surface area contributed by atoms with Gasteiger partial charge in [-0.1, -0.05) is 0 Å². The molecule has 6 N–H and O–H groups in total. The van der Waals surface area contributed by atoms with Crippen LogP contribution in [0.2, 0.25) is 0 Å². The minimum atomic E-state index is -1.63. The number of carbonyl (C=O) groups excluding carboxylic acids is 1. The molecule has 0 aliphatic carbocycles. The number of amides is 1. The summed E-state index contributed by atoms with van der Waals surface area (Å²) in [5, 5.41) is 48.2. The molecule has 0 aromatic heterocycles. The highest BCUT2D eigenvalue weighted by Gasteiger charge is 2.44. The summed E-state index contributed by atoms with van der Waals surface area (Å²) in [5.74, 6) is -2.05. The third-order valence-electron chi connectivity index (χ3n) is 2.69. The molecule has 0 radical (unpaired) electrons. The number of aliphatic hydroxyl groups excluding tert-OH is 4. The van der Waals surface area contributed by atoms with Crippen LogP contribution >= 0.6 is 0 Å². The third-order valence-corrected chi connectivity index (χ3v) is 2.69. The maximum atomic E-state index is 11.4. The summed E-state index contributed by atoms with van der Waals surface area (Å²) < 4.78 is 9.34. The number of carboxylic acid groups (broad SMARTS) is 1. The van der Waals surface area contributed by atoms with Crippen LogP contribution in [0.25, 0.3) is 0 Å². The second kappa shape index (κ2) is 7.47. The highest BCUT2D eigenvalue weighted by molar-refractivity contribution is 5.78. The Labute approximate surface area is 113 Å². The Hall–Kier alpha value is -1.30. The monoisotopic (exact) mass is 295 g/mol. The van der Waals surface area contributed by atoms with Gasteiger partial charge in [0.25, 0.3) is 0 Å². The molecule has 1 heterocycles. The number of rotatable bonds is 6. The van der Waals surface area contributed by atoms with Crippen LogP contribution in [0.15, 0.2) is 0 Å². The van der Waals surface area contributed by atoms with Crippen molar-refractivity contribution < 1.29 is 44.6 Å². The van der Waals surface area contributed by atoms with E-state index < -0.39 is 62.3 Å². The van der Waals surface area contributed by atoms with Crippen LogP contribution in [0.1, 0.15) is 0 Å². The van der Waals surface area contributed by atoms with Crippen molar-refractivity contribution in [1.82, 2.24) is 5.32 Å². The molecule has 116 valence electrons. The number of aliphatic hydroxyl groups is 4. The van der Waals surface area contributed by atoms with Gasteiger partial charge in [-0.05, 0) is 0 Å². The van der Waals surface area contributed by atoms with E-state index >= 15 is 0 Å². The molecule has 1 aliphatic rings. The molecule has 0 bridgehead atoms. The molecular weight excluding hydrogens is 278 g/mol. The average Bonchev–Trinajstić information content (AvgIpc) is 2.38. The minimum Gasteiger partial charge on any atom is -0.480 e. The molecule has 1 rings (SSSR count). The average molecular weight is 295 g/mol. The lowest BCUT2D eigenvalue weighted by atomic mass is 9.97. The van der Waals surface area contributed by atoms with E-state index in [1.54, 1.807) is 0 Å². The van der Waals surface area contributed by atoms with Crippen LogP contribution in [0.3, 0.4) is 0 Å². The number of hydrogen-bond acceptors (Lipinski definition) is 8. The normalized spacial score (nSPS) is 33.7. The second-order valence-corrected chi connectivity index (χ2v) is 4.21. The van der Waals surface area contributed by atoms with Crippen molar-refractivity contribution in [2.45, 2.75) is 30.6 Å². The van der Waals surface area contributed by atoms with Crippen molar-refractivity contribution >= 4 is 11.9 Å². The van der Waals surface area contributed by atoms with Gasteiger partial charge in [0.1, 0.15) is 37.6 Å². The van der Waals surface area contributed by atoms with Gasteiger partial charge >= 0.3 is 5.97 Å². The Morgan fingerprint density at radius 3 is 2.35 bits per heavy atom. The van der Waals surface area contributed by atoms with E-state index in [4.69, 9.17) is 14.9 Å². The zero-order valence-electron chi connectivity index (χ0n) is 10.4. The number of carbonyl (C=O) groups is 2. The molecular formula is C10H17NO9. The summed E-state index contributed by atoms with van der Waals surface area (Å²) in [6.07, 6.45) is -5.85. The Kier molecular flexibility index (Phi) is 6.26. The molecule has 20 heavy (non-hydrogen) atoms. The highest BCUT2D eigenvalue weighted by atomic mass is 16.6. The Balaban J connectivity index is 2.49. The van der Waals surface area contributed by atoms with E-state index in [0.717, 1.165) is 0 Å². The summed E-state index contributed by atoms with van der Waals surface area (Å²) >= 11 is 0. The fourth-order valence-electron chi connectivity index (χ4n) is 1.71. The first-order valence-corrected chi connectivity index (χ1v) is 5.76. The van der Waals surface area contributed by atoms with Gasteiger partial charge in [0.15, 0.2) is 6.29 Å². The lowest BCUT2D eigenvalue weighted by Gasteiger charge is -2.40. The predicted molar refractivity (Wildman–Crippen MR) is 60.4 cm³/mol. The zero-order chi connectivity index (χ0) is 15.3. The van der Waals surface area contributed by atoms with Gasteiger partial charge in [-0.3, -0.25) is 4.79 Å². The van der Waals surface area contributed by atoms with Crippen LogP contribution in [0, 0.1) is 0 Å². The van der Waals surface area contributed by atoms with E-state index in [1.165, 1.54) is 0 Å². The lowest BCUT2D eigenvalue weighted by molar-refractivity contribution is -0.254.